The molecule has 1 heterocycles. The second-order valence-corrected chi connectivity index (χ2v) is 10.7. The second kappa shape index (κ2) is 11.4. The summed E-state index contributed by atoms with van der Waals surface area (Å²) in [5.41, 5.74) is 1.13. The molecule has 2 aromatic carbocycles. The zero-order valence-electron chi connectivity index (χ0n) is 20.6. The number of hydrogen-bond donors (Lipinski definition) is 1. The topological polar surface area (TPSA) is 105 Å². The van der Waals surface area contributed by atoms with Gasteiger partial charge < -0.3 is 19.7 Å². The number of anilines is 1. The number of rotatable bonds is 11. The van der Waals surface area contributed by atoms with Gasteiger partial charge in [-0.3, -0.25) is 13.9 Å². The Kier molecular flexibility index (Phi) is 8.61. The molecule has 0 radical (unpaired) electrons. The molecular formula is C25H33N3O6S. The number of ether oxygens (including phenoxy) is 2. The van der Waals surface area contributed by atoms with Gasteiger partial charge in [0, 0.05) is 18.7 Å². The summed E-state index contributed by atoms with van der Waals surface area (Å²) in [6.07, 6.45) is 0.377. The van der Waals surface area contributed by atoms with Gasteiger partial charge in [-0.2, -0.15) is 0 Å². The molecule has 0 unspecified atom stereocenters. The first-order valence-electron chi connectivity index (χ1n) is 11.7. The van der Waals surface area contributed by atoms with Crippen LogP contribution in [0.4, 0.5) is 5.69 Å². The Hall–Kier alpha value is -3.27. The zero-order valence-corrected chi connectivity index (χ0v) is 21.4. The Labute approximate surface area is 207 Å². The monoisotopic (exact) mass is 503 g/mol. The van der Waals surface area contributed by atoms with Crippen molar-refractivity contribution < 1.29 is 27.5 Å². The van der Waals surface area contributed by atoms with Crippen LogP contribution in [0, 0.1) is 0 Å². The lowest BCUT2D eigenvalue weighted by atomic mass is 10.1. The highest BCUT2D eigenvalue weighted by molar-refractivity contribution is 7.92. The van der Waals surface area contributed by atoms with Gasteiger partial charge in [0.1, 0.15) is 12.6 Å². The molecule has 0 saturated carbocycles. The summed E-state index contributed by atoms with van der Waals surface area (Å²) in [5, 5.41) is 2.87. The average Bonchev–Trinajstić information content (AvgIpc) is 3.30. The third kappa shape index (κ3) is 6.45. The minimum absolute atomic E-state index is 0.0479. The lowest BCUT2D eigenvalue weighted by Crippen LogP contribution is -2.53. The van der Waals surface area contributed by atoms with Crippen LogP contribution in [0.15, 0.2) is 48.5 Å². The zero-order chi connectivity index (χ0) is 25.6. The second-order valence-electron chi connectivity index (χ2n) is 8.54. The first-order chi connectivity index (χ1) is 16.7. The fraction of sp³-hybridized carbons (Fsp3) is 0.440. The predicted octanol–water partition coefficient (Wildman–Crippen LogP) is 2.90. The summed E-state index contributed by atoms with van der Waals surface area (Å²) in [5.74, 6) is -0.0291. The molecule has 0 bridgehead atoms. The van der Waals surface area contributed by atoms with Crippen molar-refractivity contribution >= 4 is 27.5 Å². The van der Waals surface area contributed by atoms with Crippen LogP contribution in [0.1, 0.15) is 39.7 Å². The molecule has 2 aromatic rings. The van der Waals surface area contributed by atoms with Crippen molar-refractivity contribution in [2.24, 2.45) is 0 Å². The molecule has 0 fully saturated rings. The van der Waals surface area contributed by atoms with Crippen LogP contribution < -0.4 is 19.1 Å². The van der Waals surface area contributed by atoms with Crippen LogP contribution in [0.2, 0.25) is 0 Å². The van der Waals surface area contributed by atoms with Crippen molar-refractivity contribution in [3.63, 3.8) is 0 Å². The fourth-order valence-electron chi connectivity index (χ4n) is 3.84. The van der Waals surface area contributed by atoms with Crippen LogP contribution in [-0.2, 0) is 26.2 Å². The van der Waals surface area contributed by atoms with E-state index in [0.29, 0.717) is 23.6 Å². The van der Waals surface area contributed by atoms with Gasteiger partial charge in [0.05, 0.1) is 11.4 Å². The molecule has 35 heavy (non-hydrogen) atoms. The molecular weight excluding hydrogens is 470 g/mol. The number of carbonyl (C=O) groups excluding carboxylic acids is 2. The summed E-state index contributed by atoms with van der Waals surface area (Å²) >= 11 is 0. The molecule has 2 amide bonds. The smallest absolute Gasteiger partial charge is 0.244 e. The Morgan fingerprint density at radius 2 is 1.71 bits per heavy atom. The number of hydrogen-bond acceptors (Lipinski definition) is 6. The lowest BCUT2D eigenvalue weighted by Gasteiger charge is -2.33. The first kappa shape index (κ1) is 26.3. The van der Waals surface area contributed by atoms with Gasteiger partial charge in [-0.05, 0) is 44.9 Å². The van der Waals surface area contributed by atoms with Crippen molar-refractivity contribution in [3.8, 4) is 11.5 Å². The summed E-state index contributed by atoms with van der Waals surface area (Å²) in [7, 11) is -3.81. The molecule has 1 N–H and O–H groups in total. The standard InChI is InChI=1S/C25H33N3O6S/c1-5-21(25(30)26-18(3)4)27(15-19-10-8-7-9-11-19)24(29)16-28(35(31,32)6-2)20-12-13-22-23(14-20)34-17-33-22/h7-14,18,21H,5-6,15-17H2,1-4H3,(H,26,30)/t21-/m0/s1. The highest BCUT2D eigenvalue weighted by Crippen LogP contribution is 2.36. The first-order valence-corrected chi connectivity index (χ1v) is 13.3. The van der Waals surface area contributed by atoms with E-state index in [9.17, 15) is 18.0 Å². The lowest BCUT2D eigenvalue weighted by molar-refractivity contribution is -0.140. The summed E-state index contributed by atoms with van der Waals surface area (Å²) < 4.78 is 37.9. The van der Waals surface area contributed by atoms with E-state index in [1.54, 1.807) is 18.2 Å². The Morgan fingerprint density at radius 3 is 2.34 bits per heavy atom. The third-order valence-corrected chi connectivity index (χ3v) is 7.38. The van der Waals surface area contributed by atoms with E-state index < -0.39 is 28.5 Å². The van der Waals surface area contributed by atoms with Gasteiger partial charge in [-0.15, -0.1) is 0 Å². The number of sulfonamides is 1. The van der Waals surface area contributed by atoms with Crippen molar-refractivity contribution in [2.75, 3.05) is 23.4 Å². The number of nitrogens with zero attached hydrogens (tertiary/aromatic N) is 2. The number of nitrogens with one attached hydrogen (secondary N) is 1. The van der Waals surface area contributed by atoms with Crippen LogP contribution in [-0.4, -0.2) is 56.3 Å². The highest BCUT2D eigenvalue weighted by Gasteiger charge is 2.33. The summed E-state index contributed by atoms with van der Waals surface area (Å²) in [6, 6.07) is 13.2. The minimum atomic E-state index is -3.81. The van der Waals surface area contributed by atoms with E-state index in [-0.39, 0.29) is 31.0 Å². The molecule has 1 aliphatic rings. The molecule has 0 saturated heterocycles. The maximum Gasteiger partial charge on any atom is 0.244 e. The van der Waals surface area contributed by atoms with E-state index in [2.05, 4.69) is 5.32 Å². The fourth-order valence-corrected chi connectivity index (χ4v) is 4.89. The van der Waals surface area contributed by atoms with Crippen molar-refractivity contribution in [1.29, 1.82) is 0 Å². The number of carbonyl (C=O) groups is 2. The number of fused-ring (bicyclic) bond motifs is 1. The Bertz CT molecular complexity index is 1140. The minimum Gasteiger partial charge on any atom is -0.454 e. The van der Waals surface area contributed by atoms with Crippen LogP contribution >= 0.6 is 0 Å². The average molecular weight is 504 g/mol. The maximum absolute atomic E-state index is 13.7. The Balaban J connectivity index is 1.96. The van der Waals surface area contributed by atoms with Gasteiger partial charge in [0.2, 0.25) is 28.6 Å². The number of benzene rings is 2. The third-order valence-electron chi connectivity index (χ3n) is 5.64. The van der Waals surface area contributed by atoms with Crippen LogP contribution in [0.3, 0.4) is 0 Å². The van der Waals surface area contributed by atoms with Gasteiger partial charge in [0.25, 0.3) is 0 Å². The molecule has 1 aliphatic heterocycles. The van der Waals surface area contributed by atoms with Gasteiger partial charge >= 0.3 is 0 Å². The Morgan fingerprint density at radius 1 is 1.03 bits per heavy atom. The van der Waals surface area contributed by atoms with Gasteiger partial charge in [0.15, 0.2) is 11.5 Å². The van der Waals surface area contributed by atoms with Crippen molar-refractivity contribution in [2.45, 2.75) is 52.7 Å². The molecule has 0 spiro atoms. The maximum atomic E-state index is 13.7. The molecule has 0 aromatic heterocycles. The van der Waals surface area contributed by atoms with E-state index in [4.69, 9.17) is 9.47 Å². The predicted molar refractivity (Wildman–Crippen MR) is 134 cm³/mol. The normalized spacial score (nSPS) is 13.4. The van der Waals surface area contributed by atoms with Crippen LogP contribution in [0.25, 0.3) is 0 Å². The van der Waals surface area contributed by atoms with Gasteiger partial charge in [-0.25, -0.2) is 8.42 Å². The van der Waals surface area contributed by atoms with E-state index >= 15 is 0 Å². The van der Waals surface area contributed by atoms with E-state index in [1.807, 2.05) is 51.1 Å². The largest absolute Gasteiger partial charge is 0.454 e. The van der Waals surface area contributed by atoms with E-state index in [1.165, 1.54) is 11.8 Å². The molecule has 1 atom stereocenters. The SMILES string of the molecule is CC[C@@H](C(=O)NC(C)C)N(Cc1ccccc1)C(=O)CN(c1ccc2c(c1)OCO2)S(=O)(=O)CC. The summed E-state index contributed by atoms with van der Waals surface area (Å²) in [6.45, 7) is 6.82. The van der Waals surface area contributed by atoms with Crippen molar-refractivity contribution in [3.05, 3.63) is 54.1 Å². The highest BCUT2D eigenvalue weighted by atomic mass is 32.2. The molecule has 10 heteroatoms. The molecule has 0 aliphatic carbocycles. The molecule has 9 nitrogen and oxygen atoms in total. The van der Waals surface area contributed by atoms with Gasteiger partial charge in [-0.1, -0.05) is 37.3 Å². The number of amides is 2. The quantitative estimate of drug-likeness (QED) is 0.506. The van der Waals surface area contributed by atoms with Crippen molar-refractivity contribution in [1.82, 2.24) is 10.2 Å². The van der Waals surface area contributed by atoms with E-state index in [0.717, 1.165) is 9.87 Å². The summed E-state index contributed by atoms with van der Waals surface area (Å²) in [4.78, 5) is 28.1. The molecule has 190 valence electrons. The van der Waals surface area contributed by atoms with Crippen LogP contribution in [0.5, 0.6) is 11.5 Å². The molecule has 3 rings (SSSR count).